The lowest BCUT2D eigenvalue weighted by atomic mass is 9.97. The fourth-order valence-corrected chi connectivity index (χ4v) is 3.40. The summed E-state index contributed by atoms with van der Waals surface area (Å²) in [5.74, 6) is 1.99. The van der Waals surface area contributed by atoms with Crippen molar-refractivity contribution in [2.75, 3.05) is 26.7 Å². The number of ether oxygens (including phenoxy) is 1. The van der Waals surface area contributed by atoms with Crippen LogP contribution < -0.4 is 10.1 Å². The minimum Gasteiger partial charge on any atom is -0.457 e. The summed E-state index contributed by atoms with van der Waals surface area (Å²) < 4.78 is 5.77. The Labute approximate surface area is 165 Å². The molecule has 4 nitrogen and oxygen atoms in total. The van der Waals surface area contributed by atoms with E-state index < -0.39 is 0 Å². The van der Waals surface area contributed by atoms with Crippen molar-refractivity contribution in [2.24, 2.45) is 5.92 Å². The zero-order chi connectivity index (χ0) is 17.6. The lowest BCUT2D eigenvalue weighted by Crippen LogP contribution is -2.42. The number of rotatable bonds is 5. The number of nitrogens with zero attached hydrogens (tertiary/aromatic N) is 1. The van der Waals surface area contributed by atoms with Gasteiger partial charge in [0.15, 0.2) is 0 Å². The Kier molecular flexibility index (Phi) is 7.76. The van der Waals surface area contributed by atoms with Gasteiger partial charge in [-0.2, -0.15) is 0 Å². The van der Waals surface area contributed by atoms with Crippen LogP contribution in [0.3, 0.4) is 0 Å². The van der Waals surface area contributed by atoms with Crippen molar-refractivity contribution in [3.05, 3.63) is 59.1 Å². The van der Waals surface area contributed by atoms with Crippen molar-refractivity contribution in [3.63, 3.8) is 0 Å². The summed E-state index contributed by atoms with van der Waals surface area (Å²) in [4.78, 5) is 14.7. The number of benzene rings is 2. The zero-order valence-corrected chi connectivity index (χ0v) is 16.4. The van der Waals surface area contributed by atoms with Crippen LogP contribution in [-0.4, -0.2) is 37.5 Å². The van der Waals surface area contributed by atoms with Crippen molar-refractivity contribution >= 4 is 29.9 Å². The first-order valence-corrected chi connectivity index (χ1v) is 9.01. The maximum atomic E-state index is 12.7. The average molecular weight is 395 g/mol. The highest BCUT2D eigenvalue weighted by atomic mass is 35.5. The summed E-state index contributed by atoms with van der Waals surface area (Å²) in [6.45, 7) is 2.61. The summed E-state index contributed by atoms with van der Waals surface area (Å²) >= 11 is 5.96. The minimum absolute atomic E-state index is 0. The highest BCUT2D eigenvalue weighted by molar-refractivity contribution is 6.30. The van der Waals surface area contributed by atoms with Crippen LogP contribution in [0.25, 0.3) is 0 Å². The molecule has 2 aromatic carbocycles. The van der Waals surface area contributed by atoms with E-state index in [1.807, 2.05) is 48.3 Å². The van der Waals surface area contributed by atoms with Gasteiger partial charge in [0, 0.05) is 23.7 Å². The average Bonchev–Trinajstić information content (AvgIpc) is 2.62. The molecule has 0 radical (unpaired) electrons. The molecule has 26 heavy (non-hydrogen) atoms. The Bertz CT molecular complexity index is 720. The van der Waals surface area contributed by atoms with Crippen LogP contribution in [-0.2, 0) is 0 Å². The van der Waals surface area contributed by atoms with Gasteiger partial charge in [0.1, 0.15) is 11.5 Å². The second-order valence-electron chi connectivity index (χ2n) is 6.40. The number of likely N-dealkylation sites (tertiary alicyclic amines) is 1. The maximum Gasteiger partial charge on any atom is 0.253 e. The summed E-state index contributed by atoms with van der Waals surface area (Å²) in [5.41, 5.74) is 0.698. The molecule has 1 N–H and O–H groups in total. The third-order valence-electron chi connectivity index (χ3n) is 4.43. The predicted octanol–water partition coefficient (Wildman–Crippen LogP) is 4.63. The largest absolute Gasteiger partial charge is 0.457 e. The van der Waals surface area contributed by atoms with Crippen LogP contribution in [0.15, 0.2) is 48.5 Å². The molecule has 1 saturated heterocycles. The van der Waals surface area contributed by atoms with E-state index in [0.717, 1.165) is 26.1 Å². The predicted molar refractivity (Wildman–Crippen MR) is 108 cm³/mol. The third kappa shape index (κ3) is 5.37. The van der Waals surface area contributed by atoms with Crippen LogP contribution in [0.4, 0.5) is 0 Å². The van der Waals surface area contributed by atoms with Crippen LogP contribution in [0.2, 0.25) is 5.02 Å². The smallest absolute Gasteiger partial charge is 0.253 e. The minimum atomic E-state index is 0. The van der Waals surface area contributed by atoms with Crippen molar-refractivity contribution in [3.8, 4) is 11.5 Å². The van der Waals surface area contributed by atoms with Gasteiger partial charge in [-0.25, -0.2) is 0 Å². The summed E-state index contributed by atoms with van der Waals surface area (Å²) in [7, 11) is 1.96. The first kappa shape index (κ1) is 20.6. The second kappa shape index (κ2) is 9.81. The van der Waals surface area contributed by atoms with Crippen LogP contribution in [0, 0.1) is 5.92 Å². The molecule has 1 aliphatic heterocycles. The number of piperidine rings is 1. The van der Waals surface area contributed by atoms with Gasteiger partial charge in [0.2, 0.25) is 0 Å². The third-order valence-corrected chi connectivity index (χ3v) is 4.67. The Morgan fingerprint density at radius 1 is 1.23 bits per heavy atom. The van der Waals surface area contributed by atoms with E-state index in [1.165, 1.54) is 6.42 Å². The van der Waals surface area contributed by atoms with Gasteiger partial charge in [0.05, 0.1) is 0 Å². The van der Waals surface area contributed by atoms with E-state index >= 15 is 0 Å². The molecule has 2 aromatic rings. The van der Waals surface area contributed by atoms with Crippen molar-refractivity contribution in [2.45, 2.75) is 12.8 Å². The number of amides is 1. The van der Waals surface area contributed by atoms with E-state index in [1.54, 1.807) is 12.1 Å². The molecule has 6 heteroatoms. The standard InChI is InChI=1S/C20H23ClN2O2.ClH/c1-22-13-15-4-3-11-23(14-15)20(24)16-7-9-18(10-8-16)25-19-6-2-5-17(21)12-19;/h2,5-10,12,15,22H,3-4,11,13-14H2,1H3;1H. The first-order valence-electron chi connectivity index (χ1n) is 8.63. The summed E-state index contributed by atoms with van der Waals surface area (Å²) in [6, 6.07) is 14.5. The molecule has 0 aliphatic carbocycles. The number of halogens is 2. The zero-order valence-electron chi connectivity index (χ0n) is 14.8. The fraction of sp³-hybridized carbons (Fsp3) is 0.350. The van der Waals surface area contributed by atoms with E-state index in [9.17, 15) is 4.79 Å². The van der Waals surface area contributed by atoms with E-state index in [4.69, 9.17) is 16.3 Å². The lowest BCUT2D eigenvalue weighted by Gasteiger charge is -2.32. The monoisotopic (exact) mass is 394 g/mol. The summed E-state index contributed by atoms with van der Waals surface area (Å²) in [5, 5.41) is 3.84. The fourth-order valence-electron chi connectivity index (χ4n) is 3.22. The first-order chi connectivity index (χ1) is 12.2. The molecule has 1 amide bonds. The van der Waals surface area contributed by atoms with Gasteiger partial charge in [-0.3, -0.25) is 4.79 Å². The highest BCUT2D eigenvalue weighted by Gasteiger charge is 2.24. The van der Waals surface area contributed by atoms with Gasteiger partial charge in [0.25, 0.3) is 5.91 Å². The number of carbonyl (C=O) groups excluding carboxylic acids is 1. The topological polar surface area (TPSA) is 41.6 Å². The van der Waals surface area contributed by atoms with E-state index in [0.29, 0.717) is 28.0 Å². The molecule has 0 spiro atoms. The number of hydrogen-bond donors (Lipinski definition) is 1. The van der Waals surface area contributed by atoms with Gasteiger partial charge in [-0.05, 0) is 74.8 Å². The van der Waals surface area contributed by atoms with Crippen LogP contribution in [0.1, 0.15) is 23.2 Å². The highest BCUT2D eigenvalue weighted by Crippen LogP contribution is 2.25. The SMILES string of the molecule is CNCC1CCCN(C(=O)c2ccc(Oc3cccc(Cl)c3)cc2)C1.Cl. The molecule has 0 aromatic heterocycles. The van der Waals surface area contributed by atoms with Crippen molar-refractivity contribution < 1.29 is 9.53 Å². The Morgan fingerprint density at radius 2 is 2.00 bits per heavy atom. The molecule has 1 atom stereocenters. The van der Waals surface area contributed by atoms with Gasteiger partial charge in [-0.1, -0.05) is 17.7 Å². The maximum absolute atomic E-state index is 12.7. The molecule has 3 rings (SSSR count). The van der Waals surface area contributed by atoms with E-state index in [2.05, 4.69) is 5.32 Å². The Hall–Kier alpha value is -1.75. The lowest BCUT2D eigenvalue weighted by molar-refractivity contribution is 0.0674. The number of hydrogen-bond acceptors (Lipinski definition) is 3. The van der Waals surface area contributed by atoms with Gasteiger partial charge in [-0.15, -0.1) is 12.4 Å². The quantitative estimate of drug-likeness (QED) is 0.803. The normalized spacial score (nSPS) is 16.7. The van der Waals surface area contributed by atoms with Gasteiger partial charge < -0.3 is 15.0 Å². The molecule has 1 unspecified atom stereocenters. The molecule has 0 bridgehead atoms. The molecule has 140 valence electrons. The summed E-state index contributed by atoms with van der Waals surface area (Å²) in [6.07, 6.45) is 2.24. The van der Waals surface area contributed by atoms with Gasteiger partial charge >= 0.3 is 0 Å². The number of nitrogens with one attached hydrogen (secondary N) is 1. The Balaban J connectivity index is 0.00000243. The molecule has 0 saturated carbocycles. The molecule has 1 aliphatic rings. The van der Waals surface area contributed by atoms with Crippen LogP contribution in [0.5, 0.6) is 11.5 Å². The van der Waals surface area contributed by atoms with E-state index in [-0.39, 0.29) is 18.3 Å². The number of carbonyl (C=O) groups is 1. The molecule has 1 heterocycles. The molecular weight excluding hydrogens is 371 g/mol. The molecular formula is C20H24Cl2N2O2. The van der Waals surface area contributed by atoms with Crippen LogP contribution >= 0.6 is 24.0 Å². The second-order valence-corrected chi connectivity index (χ2v) is 6.84. The van der Waals surface area contributed by atoms with Crippen molar-refractivity contribution in [1.29, 1.82) is 0 Å². The Morgan fingerprint density at radius 3 is 2.69 bits per heavy atom. The molecule has 1 fully saturated rings. The van der Waals surface area contributed by atoms with Crippen molar-refractivity contribution in [1.82, 2.24) is 10.2 Å².